The van der Waals surface area contributed by atoms with Crippen LogP contribution in [0.15, 0.2) is 30.3 Å². The maximum absolute atomic E-state index is 11.9. The van der Waals surface area contributed by atoms with E-state index in [1.54, 1.807) is 24.1 Å². The van der Waals surface area contributed by atoms with Crippen molar-refractivity contribution in [2.45, 2.75) is 12.8 Å². The zero-order valence-corrected chi connectivity index (χ0v) is 10.2. The average Bonchev–Trinajstić information content (AvgIpc) is 2.38. The van der Waals surface area contributed by atoms with Gasteiger partial charge in [-0.15, -0.1) is 0 Å². The van der Waals surface area contributed by atoms with Crippen LogP contribution in [-0.2, 0) is 9.53 Å². The Labute approximate surface area is 101 Å². The Kier molecular flexibility index (Phi) is 5.20. The van der Waals surface area contributed by atoms with Gasteiger partial charge in [-0.05, 0) is 18.6 Å². The monoisotopic (exact) mass is 235 g/mol. The Morgan fingerprint density at radius 3 is 2.47 bits per heavy atom. The lowest BCUT2D eigenvalue weighted by atomic mass is 10.2. The molecule has 0 bridgehead atoms. The Morgan fingerprint density at radius 1 is 1.24 bits per heavy atom. The molecule has 0 unspecified atom stereocenters. The van der Waals surface area contributed by atoms with Gasteiger partial charge in [0, 0.05) is 25.6 Å². The van der Waals surface area contributed by atoms with Gasteiger partial charge in [0.05, 0.1) is 7.11 Å². The Balaban J connectivity index is 2.40. The molecule has 0 radical (unpaired) electrons. The van der Waals surface area contributed by atoms with Gasteiger partial charge in [0.25, 0.3) is 5.91 Å². The van der Waals surface area contributed by atoms with E-state index in [1.807, 2.05) is 18.2 Å². The molecule has 0 aromatic heterocycles. The predicted molar refractivity (Wildman–Crippen MR) is 64.7 cm³/mol. The number of rotatable bonds is 5. The topological polar surface area (TPSA) is 46.6 Å². The largest absolute Gasteiger partial charge is 0.469 e. The normalized spacial score (nSPS) is 9.76. The molecule has 0 spiro atoms. The molecular formula is C13H17NO3. The number of methoxy groups -OCH3 is 1. The van der Waals surface area contributed by atoms with Crippen molar-refractivity contribution in [3.8, 4) is 0 Å². The van der Waals surface area contributed by atoms with E-state index in [0.29, 0.717) is 24.9 Å². The van der Waals surface area contributed by atoms with Gasteiger partial charge in [0.1, 0.15) is 0 Å². The van der Waals surface area contributed by atoms with Crippen LogP contribution in [0.3, 0.4) is 0 Å². The third kappa shape index (κ3) is 4.26. The fourth-order valence-electron chi connectivity index (χ4n) is 1.47. The number of hydrogen-bond donors (Lipinski definition) is 0. The number of hydrogen-bond acceptors (Lipinski definition) is 3. The fourth-order valence-corrected chi connectivity index (χ4v) is 1.47. The van der Waals surface area contributed by atoms with Gasteiger partial charge in [-0.25, -0.2) is 0 Å². The first-order chi connectivity index (χ1) is 8.15. The van der Waals surface area contributed by atoms with Crippen LogP contribution < -0.4 is 0 Å². The molecule has 1 aromatic carbocycles. The second-order valence-corrected chi connectivity index (χ2v) is 3.77. The van der Waals surface area contributed by atoms with E-state index in [0.717, 1.165) is 0 Å². The van der Waals surface area contributed by atoms with Crippen LogP contribution in [0.25, 0.3) is 0 Å². The number of nitrogens with zero attached hydrogens (tertiary/aromatic N) is 1. The maximum atomic E-state index is 11.9. The minimum absolute atomic E-state index is 0.0320. The van der Waals surface area contributed by atoms with E-state index in [2.05, 4.69) is 4.74 Å². The van der Waals surface area contributed by atoms with Crippen molar-refractivity contribution in [3.05, 3.63) is 35.9 Å². The molecule has 0 fully saturated rings. The highest BCUT2D eigenvalue weighted by Crippen LogP contribution is 2.04. The van der Waals surface area contributed by atoms with Gasteiger partial charge in [0.2, 0.25) is 0 Å². The summed E-state index contributed by atoms with van der Waals surface area (Å²) < 4.78 is 4.53. The van der Waals surface area contributed by atoms with Crippen molar-refractivity contribution in [3.63, 3.8) is 0 Å². The zero-order valence-electron chi connectivity index (χ0n) is 10.2. The number of ether oxygens (including phenoxy) is 1. The number of carbonyl (C=O) groups excluding carboxylic acids is 2. The zero-order chi connectivity index (χ0) is 12.7. The molecule has 1 amide bonds. The highest BCUT2D eigenvalue weighted by Gasteiger charge is 2.11. The molecule has 92 valence electrons. The number of amides is 1. The third-order valence-electron chi connectivity index (χ3n) is 2.47. The van der Waals surface area contributed by atoms with Crippen molar-refractivity contribution < 1.29 is 14.3 Å². The average molecular weight is 235 g/mol. The lowest BCUT2D eigenvalue weighted by Gasteiger charge is -2.16. The van der Waals surface area contributed by atoms with Gasteiger partial charge < -0.3 is 9.64 Å². The van der Waals surface area contributed by atoms with Crippen molar-refractivity contribution in [2.75, 3.05) is 20.7 Å². The molecule has 17 heavy (non-hydrogen) atoms. The number of esters is 1. The minimum atomic E-state index is -0.245. The summed E-state index contributed by atoms with van der Waals surface area (Å²) in [5.74, 6) is -0.277. The molecule has 0 aliphatic rings. The van der Waals surface area contributed by atoms with E-state index < -0.39 is 0 Å². The second kappa shape index (κ2) is 6.68. The fraction of sp³-hybridized carbons (Fsp3) is 0.385. The van der Waals surface area contributed by atoms with Crippen molar-refractivity contribution in [2.24, 2.45) is 0 Å². The first kappa shape index (κ1) is 13.2. The van der Waals surface area contributed by atoms with Crippen LogP contribution in [0.5, 0.6) is 0 Å². The van der Waals surface area contributed by atoms with Crippen molar-refractivity contribution in [1.82, 2.24) is 4.90 Å². The first-order valence-electron chi connectivity index (χ1n) is 5.52. The molecule has 0 N–H and O–H groups in total. The lowest BCUT2D eigenvalue weighted by molar-refractivity contribution is -0.140. The summed E-state index contributed by atoms with van der Waals surface area (Å²) in [6.07, 6.45) is 0.949. The highest BCUT2D eigenvalue weighted by atomic mass is 16.5. The Hall–Kier alpha value is -1.84. The van der Waals surface area contributed by atoms with Gasteiger partial charge in [-0.3, -0.25) is 9.59 Å². The van der Waals surface area contributed by atoms with Crippen molar-refractivity contribution >= 4 is 11.9 Å². The summed E-state index contributed by atoms with van der Waals surface area (Å²) in [6.45, 7) is 0.544. The van der Waals surface area contributed by atoms with Crippen LogP contribution in [0.1, 0.15) is 23.2 Å². The maximum Gasteiger partial charge on any atom is 0.305 e. The minimum Gasteiger partial charge on any atom is -0.469 e. The SMILES string of the molecule is COC(=O)CCCN(C)C(=O)c1ccccc1. The standard InChI is InChI=1S/C13H17NO3/c1-14(10-6-9-12(15)17-2)13(16)11-7-4-3-5-8-11/h3-5,7-8H,6,9-10H2,1-2H3. The van der Waals surface area contributed by atoms with Crippen LogP contribution in [0.4, 0.5) is 0 Å². The molecule has 0 saturated heterocycles. The molecule has 1 aromatic rings. The van der Waals surface area contributed by atoms with E-state index in [9.17, 15) is 9.59 Å². The summed E-state index contributed by atoms with van der Waals surface area (Å²) in [6, 6.07) is 9.08. The predicted octanol–water partition coefficient (Wildman–Crippen LogP) is 1.71. The smallest absolute Gasteiger partial charge is 0.305 e. The highest BCUT2D eigenvalue weighted by molar-refractivity contribution is 5.93. The quantitative estimate of drug-likeness (QED) is 0.730. The molecule has 0 aliphatic carbocycles. The van der Waals surface area contributed by atoms with E-state index >= 15 is 0 Å². The number of carbonyl (C=O) groups is 2. The van der Waals surface area contributed by atoms with Gasteiger partial charge in [0.15, 0.2) is 0 Å². The molecular weight excluding hydrogens is 218 g/mol. The van der Waals surface area contributed by atoms with Gasteiger partial charge >= 0.3 is 5.97 Å². The Morgan fingerprint density at radius 2 is 1.88 bits per heavy atom. The van der Waals surface area contributed by atoms with Crippen LogP contribution in [0, 0.1) is 0 Å². The van der Waals surface area contributed by atoms with E-state index in [-0.39, 0.29) is 11.9 Å². The summed E-state index contributed by atoms with van der Waals surface area (Å²) in [4.78, 5) is 24.4. The van der Waals surface area contributed by atoms with Crippen molar-refractivity contribution in [1.29, 1.82) is 0 Å². The summed E-state index contributed by atoms with van der Waals surface area (Å²) in [5.41, 5.74) is 0.660. The first-order valence-corrected chi connectivity index (χ1v) is 5.52. The molecule has 0 saturated carbocycles. The van der Waals surface area contributed by atoms with Gasteiger partial charge in [-0.1, -0.05) is 18.2 Å². The molecule has 0 heterocycles. The number of benzene rings is 1. The van der Waals surface area contributed by atoms with Gasteiger partial charge in [-0.2, -0.15) is 0 Å². The molecule has 4 heteroatoms. The third-order valence-corrected chi connectivity index (χ3v) is 2.47. The van der Waals surface area contributed by atoms with E-state index in [1.165, 1.54) is 7.11 Å². The molecule has 0 aliphatic heterocycles. The molecule has 4 nitrogen and oxygen atoms in total. The Bertz CT molecular complexity index is 376. The van der Waals surface area contributed by atoms with E-state index in [4.69, 9.17) is 0 Å². The van der Waals surface area contributed by atoms with Crippen LogP contribution in [0.2, 0.25) is 0 Å². The molecule has 1 rings (SSSR count). The van der Waals surface area contributed by atoms with Crippen LogP contribution >= 0.6 is 0 Å². The second-order valence-electron chi connectivity index (χ2n) is 3.77. The molecule has 0 atom stereocenters. The summed E-state index contributed by atoms with van der Waals surface area (Å²) in [5, 5.41) is 0. The summed E-state index contributed by atoms with van der Waals surface area (Å²) in [7, 11) is 3.09. The van der Waals surface area contributed by atoms with Crippen LogP contribution in [-0.4, -0.2) is 37.5 Å². The lowest BCUT2D eigenvalue weighted by Crippen LogP contribution is -2.28. The summed E-state index contributed by atoms with van der Waals surface area (Å²) >= 11 is 0.